The Morgan fingerprint density at radius 3 is 2.29 bits per heavy atom. The minimum absolute atomic E-state index is 0.0531. The van der Waals surface area contributed by atoms with E-state index in [-0.39, 0.29) is 11.4 Å². The van der Waals surface area contributed by atoms with Crippen molar-refractivity contribution in [1.29, 1.82) is 0 Å². The van der Waals surface area contributed by atoms with E-state index in [0.29, 0.717) is 29.0 Å². The number of nitrogens with one attached hydrogen (secondary N) is 1. The molecule has 0 aromatic heterocycles. The number of carbonyl (C=O) groups excluding carboxylic acids is 1. The van der Waals surface area contributed by atoms with Gasteiger partial charge in [0.15, 0.2) is 0 Å². The molecule has 3 aromatic rings. The second kappa shape index (κ2) is 11.4. The van der Waals surface area contributed by atoms with Gasteiger partial charge in [0.1, 0.15) is 12.3 Å². The Bertz CT molecular complexity index is 1220. The maximum absolute atomic E-state index is 13.5. The number of anilines is 2. The first kappa shape index (κ1) is 25.6. The van der Waals surface area contributed by atoms with Crippen LogP contribution in [0.5, 0.6) is 5.75 Å². The van der Waals surface area contributed by atoms with Crippen LogP contribution in [0.15, 0.2) is 82.2 Å². The summed E-state index contributed by atoms with van der Waals surface area (Å²) in [6.07, 6.45) is 0. The van der Waals surface area contributed by atoms with Gasteiger partial charge in [-0.05, 0) is 65.3 Å². The molecule has 0 aliphatic carbocycles. The van der Waals surface area contributed by atoms with Gasteiger partial charge in [0.2, 0.25) is 5.91 Å². The highest BCUT2D eigenvalue weighted by molar-refractivity contribution is 9.10. The molecule has 0 radical (unpaired) electrons. The molecule has 1 N–H and O–H groups in total. The van der Waals surface area contributed by atoms with Gasteiger partial charge in [-0.25, -0.2) is 8.42 Å². The number of halogens is 1. The van der Waals surface area contributed by atoms with Crippen LogP contribution in [0.25, 0.3) is 0 Å². The largest absolute Gasteiger partial charge is 0.496 e. The number of amides is 1. The molecule has 7 nitrogen and oxygen atoms in total. The molecule has 0 aliphatic heterocycles. The second-order valence-electron chi connectivity index (χ2n) is 7.75. The van der Waals surface area contributed by atoms with Gasteiger partial charge in [0, 0.05) is 25.8 Å². The van der Waals surface area contributed by atoms with Crippen LogP contribution in [0.1, 0.15) is 5.56 Å². The molecule has 0 atom stereocenters. The van der Waals surface area contributed by atoms with Gasteiger partial charge in [0.05, 0.1) is 22.2 Å². The Labute approximate surface area is 209 Å². The lowest BCUT2D eigenvalue weighted by Crippen LogP contribution is -2.42. The number of rotatable bonds is 10. The van der Waals surface area contributed by atoms with Crippen molar-refractivity contribution in [2.75, 3.05) is 43.0 Å². The van der Waals surface area contributed by atoms with Crippen molar-refractivity contribution >= 4 is 43.2 Å². The molecule has 3 aromatic carbocycles. The SMILES string of the molecule is COc1ccc(S(=O)(=O)N(CC(=O)NCCN(C)c2ccccc2)c2ccc(C)cc2)cc1Br. The molecule has 180 valence electrons. The summed E-state index contributed by atoms with van der Waals surface area (Å²) in [6.45, 7) is 2.53. The Morgan fingerprint density at radius 2 is 1.68 bits per heavy atom. The topological polar surface area (TPSA) is 79.0 Å². The normalized spacial score (nSPS) is 11.1. The number of benzene rings is 3. The van der Waals surface area contributed by atoms with Crippen molar-refractivity contribution in [3.05, 3.63) is 82.8 Å². The van der Waals surface area contributed by atoms with Crippen LogP contribution >= 0.6 is 15.9 Å². The van der Waals surface area contributed by atoms with Gasteiger partial charge < -0.3 is 15.0 Å². The zero-order valence-electron chi connectivity index (χ0n) is 19.4. The Kier molecular flexibility index (Phi) is 8.57. The number of aryl methyl sites for hydroxylation is 1. The summed E-state index contributed by atoms with van der Waals surface area (Å²) in [6, 6.07) is 21.4. The first-order chi connectivity index (χ1) is 16.2. The molecule has 0 unspecified atom stereocenters. The Morgan fingerprint density at radius 1 is 1.00 bits per heavy atom. The molecule has 0 fully saturated rings. The van der Waals surface area contributed by atoms with Crippen molar-refractivity contribution < 1.29 is 17.9 Å². The van der Waals surface area contributed by atoms with Crippen molar-refractivity contribution in [1.82, 2.24) is 5.32 Å². The van der Waals surface area contributed by atoms with Gasteiger partial charge in [-0.1, -0.05) is 35.9 Å². The number of ether oxygens (including phenoxy) is 1. The number of nitrogens with zero attached hydrogens (tertiary/aromatic N) is 2. The molecule has 0 saturated heterocycles. The number of likely N-dealkylation sites (N-methyl/N-ethyl adjacent to an activating group) is 1. The molecule has 0 bridgehead atoms. The van der Waals surface area contributed by atoms with E-state index in [4.69, 9.17) is 4.74 Å². The molecular formula is C25H28BrN3O4S. The van der Waals surface area contributed by atoms with Crippen LogP contribution in [0.3, 0.4) is 0 Å². The molecular weight excluding hydrogens is 518 g/mol. The highest BCUT2D eigenvalue weighted by Crippen LogP contribution is 2.30. The van der Waals surface area contributed by atoms with Crippen molar-refractivity contribution in [2.45, 2.75) is 11.8 Å². The van der Waals surface area contributed by atoms with E-state index in [2.05, 4.69) is 21.2 Å². The van der Waals surface area contributed by atoms with Crippen LogP contribution in [0.2, 0.25) is 0 Å². The quantitative estimate of drug-likeness (QED) is 0.412. The Balaban J connectivity index is 1.77. The summed E-state index contributed by atoms with van der Waals surface area (Å²) in [5, 5.41) is 2.83. The molecule has 0 spiro atoms. The lowest BCUT2D eigenvalue weighted by atomic mass is 10.2. The molecule has 3 rings (SSSR count). The standard InChI is InChI=1S/C25H28BrN3O4S/c1-19-9-11-21(12-10-19)29(34(31,32)22-13-14-24(33-3)23(26)17-22)18-25(30)27-15-16-28(2)20-7-5-4-6-8-20/h4-14,17H,15-16,18H2,1-3H3,(H,27,30). The van der Waals surface area contributed by atoms with Crippen LogP contribution in [0, 0.1) is 6.92 Å². The zero-order chi connectivity index (χ0) is 24.7. The van der Waals surface area contributed by atoms with Crippen molar-refractivity contribution in [2.24, 2.45) is 0 Å². The first-order valence-electron chi connectivity index (χ1n) is 10.7. The van der Waals surface area contributed by atoms with E-state index < -0.39 is 15.9 Å². The van der Waals surface area contributed by atoms with Gasteiger partial charge >= 0.3 is 0 Å². The number of sulfonamides is 1. The van der Waals surface area contributed by atoms with Gasteiger partial charge in [-0.3, -0.25) is 9.10 Å². The summed E-state index contributed by atoms with van der Waals surface area (Å²) in [4.78, 5) is 14.9. The first-order valence-corrected chi connectivity index (χ1v) is 12.9. The van der Waals surface area contributed by atoms with Crippen LogP contribution in [0.4, 0.5) is 11.4 Å². The fourth-order valence-electron chi connectivity index (χ4n) is 3.32. The third kappa shape index (κ3) is 6.30. The van der Waals surface area contributed by atoms with E-state index in [1.54, 1.807) is 18.2 Å². The predicted octanol–water partition coefficient (Wildman–Crippen LogP) is 4.21. The average Bonchev–Trinajstić information content (AvgIpc) is 2.83. The fourth-order valence-corrected chi connectivity index (χ4v) is 5.46. The maximum atomic E-state index is 13.5. The fraction of sp³-hybridized carbons (Fsp3) is 0.240. The lowest BCUT2D eigenvalue weighted by Gasteiger charge is -2.25. The summed E-state index contributed by atoms with van der Waals surface area (Å²) >= 11 is 3.34. The number of methoxy groups -OCH3 is 1. The van der Waals surface area contributed by atoms with Gasteiger partial charge in [0.25, 0.3) is 10.0 Å². The van der Waals surface area contributed by atoms with Crippen molar-refractivity contribution in [3.63, 3.8) is 0 Å². The number of hydrogen-bond acceptors (Lipinski definition) is 5. The number of hydrogen-bond donors (Lipinski definition) is 1. The maximum Gasteiger partial charge on any atom is 0.264 e. The third-order valence-electron chi connectivity index (χ3n) is 5.29. The highest BCUT2D eigenvalue weighted by atomic mass is 79.9. The van der Waals surface area contributed by atoms with E-state index in [1.165, 1.54) is 19.2 Å². The van der Waals surface area contributed by atoms with Crippen LogP contribution < -0.4 is 19.3 Å². The monoisotopic (exact) mass is 545 g/mol. The van der Waals surface area contributed by atoms with Crippen molar-refractivity contribution in [3.8, 4) is 5.75 Å². The average molecular weight is 546 g/mol. The Hall–Kier alpha value is -3.04. The van der Waals surface area contributed by atoms with Crippen LogP contribution in [-0.4, -0.2) is 48.1 Å². The third-order valence-corrected chi connectivity index (χ3v) is 7.68. The van der Waals surface area contributed by atoms with E-state index in [0.717, 1.165) is 15.6 Å². The summed E-state index contributed by atoms with van der Waals surface area (Å²) in [5.74, 6) is 0.124. The summed E-state index contributed by atoms with van der Waals surface area (Å²) in [7, 11) is -0.574. The molecule has 1 amide bonds. The van der Waals surface area contributed by atoms with Crippen LogP contribution in [-0.2, 0) is 14.8 Å². The number of carbonyl (C=O) groups is 1. The molecule has 0 aliphatic rings. The zero-order valence-corrected chi connectivity index (χ0v) is 21.8. The van der Waals surface area contributed by atoms with Gasteiger partial charge in [-0.15, -0.1) is 0 Å². The molecule has 9 heteroatoms. The highest BCUT2D eigenvalue weighted by Gasteiger charge is 2.28. The molecule has 34 heavy (non-hydrogen) atoms. The number of para-hydroxylation sites is 1. The summed E-state index contributed by atoms with van der Waals surface area (Å²) < 4.78 is 33.9. The van der Waals surface area contributed by atoms with E-state index in [9.17, 15) is 13.2 Å². The lowest BCUT2D eigenvalue weighted by molar-refractivity contribution is -0.119. The summed E-state index contributed by atoms with van der Waals surface area (Å²) in [5.41, 5.74) is 2.43. The minimum Gasteiger partial charge on any atom is -0.496 e. The van der Waals surface area contributed by atoms with Gasteiger partial charge in [-0.2, -0.15) is 0 Å². The second-order valence-corrected chi connectivity index (χ2v) is 10.5. The molecule has 0 heterocycles. The van der Waals surface area contributed by atoms with E-state index >= 15 is 0 Å². The van der Waals surface area contributed by atoms with E-state index in [1.807, 2.05) is 61.3 Å². The predicted molar refractivity (Wildman–Crippen MR) is 139 cm³/mol. The minimum atomic E-state index is -4.02. The smallest absolute Gasteiger partial charge is 0.264 e. The molecule has 0 saturated carbocycles.